The fourth-order valence-electron chi connectivity index (χ4n) is 3.02. The Morgan fingerprint density at radius 2 is 1.91 bits per heavy atom. The Hall–Kier alpha value is -1.89. The molecule has 0 aliphatic carbocycles. The predicted molar refractivity (Wildman–Crippen MR) is 86.3 cm³/mol. The summed E-state index contributed by atoms with van der Waals surface area (Å²) in [5, 5.41) is 4.33. The molecule has 1 aliphatic rings. The molecule has 2 heterocycles. The molecule has 4 nitrogen and oxygen atoms in total. The minimum atomic E-state index is -0.806. The van der Waals surface area contributed by atoms with Crippen molar-refractivity contribution in [3.8, 4) is 0 Å². The third kappa shape index (κ3) is 2.97. The van der Waals surface area contributed by atoms with E-state index in [4.69, 9.17) is 10.3 Å². The first kappa shape index (κ1) is 16.0. The average Bonchev–Trinajstić information content (AvgIpc) is 2.76. The van der Waals surface area contributed by atoms with E-state index in [9.17, 15) is 8.78 Å². The number of aliphatic imine (C=N–C) groups is 1. The molecule has 1 aliphatic heterocycles. The van der Waals surface area contributed by atoms with Gasteiger partial charge in [0.1, 0.15) is 17.4 Å². The van der Waals surface area contributed by atoms with Gasteiger partial charge in [-0.2, -0.15) is 0 Å². The number of thioether (sulfide) groups is 1. The van der Waals surface area contributed by atoms with Gasteiger partial charge in [0.25, 0.3) is 0 Å². The van der Waals surface area contributed by atoms with Crippen molar-refractivity contribution >= 4 is 16.9 Å². The maximum atomic E-state index is 13.6. The first-order chi connectivity index (χ1) is 10.8. The van der Waals surface area contributed by atoms with Crippen LogP contribution in [0.3, 0.4) is 0 Å². The molecule has 1 aromatic carbocycles. The summed E-state index contributed by atoms with van der Waals surface area (Å²) in [5.74, 6) is -0.522. The number of amidine groups is 1. The van der Waals surface area contributed by atoms with E-state index in [1.54, 1.807) is 0 Å². The first-order valence-electron chi connectivity index (χ1n) is 7.20. The van der Waals surface area contributed by atoms with E-state index in [0.29, 0.717) is 17.2 Å². The summed E-state index contributed by atoms with van der Waals surface area (Å²) in [7, 11) is 0. The molecule has 7 heteroatoms. The minimum absolute atomic E-state index is 0.0323. The number of nitrogens with zero attached hydrogens (tertiary/aromatic N) is 2. The Bertz CT molecular complexity index is 750. The number of aryl methyl sites for hydroxylation is 2. The normalized spacial score (nSPS) is 24.6. The lowest BCUT2D eigenvalue weighted by Crippen LogP contribution is -2.31. The molecule has 2 atom stereocenters. The van der Waals surface area contributed by atoms with Crippen molar-refractivity contribution in [2.75, 3.05) is 0 Å². The van der Waals surface area contributed by atoms with E-state index in [1.165, 1.54) is 23.9 Å². The number of halogens is 2. The van der Waals surface area contributed by atoms with Crippen LogP contribution in [-0.4, -0.2) is 10.3 Å². The zero-order valence-electron chi connectivity index (χ0n) is 13.1. The Balaban J connectivity index is 2.04. The molecule has 3 rings (SSSR count). The van der Waals surface area contributed by atoms with Crippen LogP contribution in [0.15, 0.2) is 27.7 Å². The van der Waals surface area contributed by atoms with E-state index >= 15 is 0 Å². The number of benzene rings is 1. The van der Waals surface area contributed by atoms with Crippen LogP contribution in [0.2, 0.25) is 0 Å². The Kier molecular flexibility index (Phi) is 3.91. The van der Waals surface area contributed by atoms with Crippen molar-refractivity contribution < 1.29 is 13.3 Å². The average molecular weight is 337 g/mol. The highest BCUT2D eigenvalue weighted by Gasteiger charge is 2.38. The van der Waals surface area contributed by atoms with E-state index in [0.717, 1.165) is 23.1 Å². The molecular formula is C16H17F2N3OS. The van der Waals surface area contributed by atoms with Gasteiger partial charge in [0.15, 0.2) is 5.17 Å². The van der Waals surface area contributed by atoms with Gasteiger partial charge < -0.3 is 10.3 Å². The lowest BCUT2D eigenvalue weighted by Gasteiger charge is -2.34. The number of hydrogen-bond acceptors (Lipinski definition) is 5. The quantitative estimate of drug-likeness (QED) is 0.900. The lowest BCUT2D eigenvalue weighted by molar-refractivity contribution is 0.390. The molecule has 0 unspecified atom stereocenters. The maximum absolute atomic E-state index is 13.6. The van der Waals surface area contributed by atoms with Crippen LogP contribution < -0.4 is 5.73 Å². The molecule has 0 radical (unpaired) electrons. The molecule has 2 N–H and O–H groups in total. The summed E-state index contributed by atoms with van der Waals surface area (Å²) in [5.41, 5.74) is 7.42. The molecule has 2 aromatic rings. The summed E-state index contributed by atoms with van der Waals surface area (Å²) in [6.45, 7) is 5.55. The van der Waals surface area contributed by atoms with Gasteiger partial charge >= 0.3 is 0 Å². The molecule has 0 amide bonds. The van der Waals surface area contributed by atoms with Crippen LogP contribution in [-0.2, 0) is 5.54 Å². The second-order valence-corrected chi connectivity index (χ2v) is 7.15. The summed E-state index contributed by atoms with van der Waals surface area (Å²) in [6, 6.07) is 3.46. The standard InChI is InChI=1S/C16H17F2N3OS/c1-8-14(9(2)22-21-8)13-7-16(3,20-15(19)23-13)10-4-11(17)6-12(18)5-10/h4-6,13H,7H2,1-3H3,(H2,19,20)/t13-,16-/m0/s1. The molecule has 1 aromatic heterocycles. The largest absolute Gasteiger partial charge is 0.378 e. The molecule has 122 valence electrons. The van der Waals surface area contributed by atoms with Crippen molar-refractivity contribution in [3.05, 3.63) is 52.4 Å². The third-order valence-corrected chi connectivity index (χ3v) is 5.12. The fourth-order valence-corrected chi connectivity index (χ4v) is 4.43. The zero-order valence-corrected chi connectivity index (χ0v) is 13.9. The van der Waals surface area contributed by atoms with Crippen LogP contribution >= 0.6 is 11.8 Å². The van der Waals surface area contributed by atoms with Gasteiger partial charge in [-0.3, -0.25) is 4.99 Å². The smallest absolute Gasteiger partial charge is 0.155 e. The molecule has 0 spiro atoms. The Morgan fingerprint density at radius 3 is 2.48 bits per heavy atom. The van der Waals surface area contributed by atoms with Crippen molar-refractivity contribution in [2.45, 2.75) is 38.0 Å². The highest BCUT2D eigenvalue weighted by Crippen LogP contribution is 2.48. The number of nitrogens with two attached hydrogens (primary N) is 1. The number of aromatic nitrogens is 1. The summed E-state index contributed by atoms with van der Waals surface area (Å²) < 4.78 is 32.4. The van der Waals surface area contributed by atoms with E-state index in [-0.39, 0.29) is 5.25 Å². The second-order valence-electron chi connectivity index (χ2n) is 5.93. The van der Waals surface area contributed by atoms with Crippen LogP contribution in [0.4, 0.5) is 8.78 Å². The fraction of sp³-hybridized carbons (Fsp3) is 0.375. The van der Waals surface area contributed by atoms with Crippen LogP contribution in [0, 0.1) is 25.5 Å². The minimum Gasteiger partial charge on any atom is -0.378 e. The highest BCUT2D eigenvalue weighted by atomic mass is 32.2. The maximum Gasteiger partial charge on any atom is 0.155 e. The summed E-state index contributed by atoms with van der Waals surface area (Å²) in [4.78, 5) is 4.46. The predicted octanol–water partition coefficient (Wildman–Crippen LogP) is 3.98. The monoisotopic (exact) mass is 337 g/mol. The van der Waals surface area contributed by atoms with Crippen molar-refractivity contribution in [1.29, 1.82) is 0 Å². The number of hydrogen-bond donors (Lipinski definition) is 1. The van der Waals surface area contributed by atoms with Gasteiger partial charge in [0, 0.05) is 16.9 Å². The molecule has 23 heavy (non-hydrogen) atoms. The first-order valence-corrected chi connectivity index (χ1v) is 8.08. The SMILES string of the molecule is Cc1noc(C)c1[C@@H]1C[C@@](C)(c2cc(F)cc(F)c2)N=C(N)S1. The summed E-state index contributed by atoms with van der Waals surface area (Å²) in [6.07, 6.45) is 0.546. The Labute approximate surface area is 137 Å². The van der Waals surface area contributed by atoms with Gasteiger partial charge in [-0.25, -0.2) is 8.78 Å². The van der Waals surface area contributed by atoms with Crippen molar-refractivity contribution in [1.82, 2.24) is 5.16 Å². The van der Waals surface area contributed by atoms with E-state index < -0.39 is 17.2 Å². The van der Waals surface area contributed by atoms with Gasteiger partial charge in [-0.05, 0) is 44.9 Å². The second kappa shape index (κ2) is 5.63. The van der Waals surface area contributed by atoms with Crippen molar-refractivity contribution in [3.63, 3.8) is 0 Å². The van der Waals surface area contributed by atoms with Gasteiger partial charge in [-0.15, -0.1) is 0 Å². The van der Waals surface area contributed by atoms with Crippen molar-refractivity contribution in [2.24, 2.45) is 10.7 Å². The topological polar surface area (TPSA) is 64.4 Å². The molecule has 0 saturated carbocycles. The lowest BCUT2D eigenvalue weighted by atomic mass is 9.85. The molecule has 0 bridgehead atoms. The molecule has 0 fully saturated rings. The van der Waals surface area contributed by atoms with E-state index in [1.807, 2.05) is 20.8 Å². The molecular weight excluding hydrogens is 320 g/mol. The Morgan fingerprint density at radius 1 is 1.26 bits per heavy atom. The van der Waals surface area contributed by atoms with Crippen LogP contribution in [0.5, 0.6) is 0 Å². The molecule has 0 saturated heterocycles. The van der Waals surface area contributed by atoms with Gasteiger partial charge in [0.2, 0.25) is 0 Å². The highest BCUT2D eigenvalue weighted by molar-refractivity contribution is 8.14. The number of rotatable bonds is 2. The third-order valence-electron chi connectivity index (χ3n) is 4.10. The van der Waals surface area contributed by atoms with Crippen LogP contribution in [0.25, 0.3) is 0 Å². The van der Waals surface area contributed by atoms with Gasteiger partial charge in [-0.1, -0.05) is 16.9 Å². The van der Waals surface area contributed by atoms with E-state index in [2.05, 4.69) is 10.1 Å². The summed E-state index contributed by atoms with van der Waals surface area (Å²) >= 11 is 1.42. The van der Waals surface area contributed by atoms with Gasteiger partial charge in [0.05, 0.1) is 11.2 Å². The van der Waals surface area contributed by atoms with Crippen LogP contribution in [0.1, 0.15) is 41.2 Å². The zero-order chi connectivity index (χ0) is 16.8.